The number of likely N-dealkylation sites (tertiary alicyclic amines) is 1. The summed E-state index contributed by atoms with van der Waals surface area (Å²) in [6.45, 7) is 4.66. The van der Waals surface area contributed by atoms with Crippen LogP contribution in [0.4, 0.5) is 0 Å². The van der Waals surface area contributed by atoms with Gasteiger partial charge in [0.15, 0.2) is 0 Å². The van der Waals surface area contributed by atoms with Crippen molar-refractivity contribution < 1.29 is 0 Å². The van der Waals surface area contributed by atoms with Crippen molar-refractivity contribution in [3.8, 4) is 0 Å². The van der Waals surface area contributed by atoms with Gasteiger partial charge in [-0.25, -0.2) is 0 Å². The van der Waals surface area contributed by atoms with Gasteiger partial charge >= 0.3 is 0 Å². The van der Waals surface area contributed by atoms with E-state index in [0.717, 1.165) is 5.92 Å². The van der Waals surface area contributed by atoms with Gasteiger partial charge in [-0.15, -0.1) is 0 Å². The topological polar surface area (TPSA) is 15.3 Å². The molecule has 2 unspecified atom stereocenters. The van der Waals surface area contributed by atoms with Crippen LogP contribution in [0.3, 0.4) is 0 Å². The Bertz CT molecular complexity index is 280. The van der Waals surface area contributed by atoms with Crippen molar-refractivity contribution in [1.82, 2.24) is 10.2 Å². The zero-order valence-corrected chi connectivity index (χ0v) is 10.6. The molecule has 0 aromatic rings. The third kappa shape index (κ3) is 2.96. The molecule has 2 aliphatic rings. The molecule has 2 heteroatoms. The van der Waals surface area contributed by atoms with E-state index in [1.54, 1.807) is 0 Å². The van der Waals surface area contributed by atoms with Gasteiger partial charge in [-0.2, -0.15) is 0 Å². The zero-order chi connectivity index (χ0) is 11.4. The second-order valence-corrected chi connectivity index (χ2v) is 5.10. The Labute approximate surface area is 99.4 Å². The summed E-state index contributed by atoms with van der Waals surface area (Å²) in [4.78, 5) is 2.62. The average molecular weight is 220 g/mol. The van der Waals surface area contributed by atoms with E-state index in [9.17, 15) is 0 Å². The van der Waals surface area contributed by atoms with Crippen molar-refractivity contribution in [2.75, 3.05) is 20.1 Å². The first-order chi connectivity index (χ1) is 7.79. The van der Waals surface area contributed by atoms with E-state index in [-0.39, 0.29) is 0 Å². The Kier molecular flexibility index (Phi) is 4.19. The van der Waals surface area contributed by atoms with E-state index in [0.29, 0.717) is 6.17 Å². The maximum atomic E-state index is 3.44. The van der Waals surface area contributed by atoms with E-state index in [4.69, 9.17) is 0 Å². The van der Waals surface area contributed by atoms with Gasteiger partial charge in [-0.05, 0) is 52.1 Å². The maximum Gasteiger partial charge on any atom is 0.0594 e. The van der Waals surface area contributed by atoms with Crippen LogP contribution in [-0.2, 0) is 0 Å². The van der Waals surface area contributed by atoms with E-state index in [1.165, 1.54) is 44.3 Å². The third-order valence-corrected chi connectivity index (χ3v) is 3.79. The molecule has 1 fully saturated rings. The van der Waals surface area contributed by atoms with Crippen LogP contribution in [0.25, 0.3) is 0 Å². The lowest BCUT2D eigenvalue weighted by Gasteiger charge is -2.37. The maximum absolute atomic E-state index is 3.44. The fourth-order valence-electron chi connectivity index (χ4n) is 2.74. The lowest BCUT2D eigenvalue weighted by Crippen LogP contribution is -2.48. The van der Waals surface area contributed by atoms with Gasteiger partial charge in [-0.3, -0.25) is 4.90 Å². The minimum atomic E-state index is 0.606. The van der Waals surface area contributed by atoms with Crippen molar-refractivity contribution in [3.63, 3.8) is 0 Å². The predicted molar refractivity (Wildman–Crippen MR) is 69.3 cm³/mol. The van der Waals surface area contributed by atoms with E-state index >= 15 is 0 Å². The fraction of sp³-hybridized carbons (Fsp3) is 0.714. The van der Waals surface area contributed by atoms with Gasteiger partial charge in [0.2, 0.25) is 0 Å². The van der Waals surface area contributed by atoms with Crippen molar-refractivity contribution >= 4 is 0 Å². The highest BCUT2D eigenvalue weighted by atomic mass is 15.3. The average Bonchev–Trinajstić information content (AvgIpc) is 2.33. The number of allylic oxidation sites excluding steroid dienone is 3. The molecule has 1 saturated heterocycles. The first-order valence-corrected chi connectivity index (χ1v) is 6.56. The van der Waals surface area contributed by atoms with Gasteiger partial charge in [-0.1, -0.05) is 23.8 Å². The molecule has 2 nitrogen and oxygen atoms in total. The van der Waals surface area contributed by atoms with Crippen LogP contribution in [0, 0.1) is 5.92 Å². The van der Waals surface area contributed by atoms with E-state index in [2.05, 4.69) is 42.4 Å². The minimum Gasteiger partial charge on any atom is -0.305 e. The molecular weight excluding hydrogens is 196 g/mol. The van der Waals surface area contributed by atoms with Crippen LogP contribution >= 0.6 is 0 Å². The lowest BCUT2D eigenvalue weighted by molar-refractivity contribution is 0.115. The van der Waals surface area contributed by atoms with Crippen LogP contribution in [0.1, 0.15) is 32.6 Å². The molecule has 0 radical (unpaired) electrons. The van der Waals surface area contributed by atoms with Crippen LogP contribution in [0.2, 0.25) is 0 Å². The number of rotatable bonds is 3. The molecule has 1 N–H and O–H groups in total. The summed E-state index contributed by atoms with van der Waals surface area (Å²) in [5, 5.41) is 3.44. The number of hydrogen-bond acceptors (Lipinski definition) is 2. The second kappa shape index (κ2) is 5.65. The normalized spacial score (nSPS) is 31.5. The first-order valence-electron chi connectivity index (χ1n) is 6.56. The predicted octanol–water partition coefficient (Wildman–Crippen LogP) is 2.54. The van der Waals surface area contributed by atoms with Crippen molar-refractivity contribution in [3.05, 3.63) is 23.8 Å². The molecule has 1 heterocycles. The van der Waals surface area contributed by atoms with Crippen molar-refractivity contribution in [2.24, 2.45) is 5.92 Å². The molecule has 2 atom stereocenters. The van der Waals surface area contributed by atoms with Gasteiger partial charge in [0.25, 0.3) is 0 Å². The standard InChI is InChI=1S/C14H24N2/c1-12-6-8-13(9-7-12)11-16-10-4-3-5-14(16)15-2/h6-8,13-15H,3-5,9-11H2,1-2H3. The molecule has 0 spiro atoms. The third-order valence-electron chi connectivity index (χ3n) is 3.79. The summed E-state index contributed by atoms with van der Waals surface area (Å²) >= 11 is 0. The molecule has 2 rings (SSSR count). The molecule has 1 aliphatic heterocycles. The Morgan fingerprint density at radius 2 is 2.31 bits per heavy atom. The van der Waals surface area contributed by atoms with E-state index < -0.39 is 0 Å². The van der Waals surface area contributed by atoms with E-state index in [1.807, 2.05) is 0 Å². The van der Waals surface area contributed by atoms with Crippen LogP contribution in [0.15, 0.2) is 23.8 Å². The van der Waals surface area contributed by atoms with Crippen LogP contribution in [0.5, 0.6) is 0 Å². The summed E-state index contributed by atoms with van der Waals surface area (Å²) in [6, 6.07) is 0. The Morgan fingerprint density at radius 1 is 1.44 bits per heavy atom. The minimum absolute atomic E-state index is 0.606. The number of nitrogens with zero attached hydrogens (tertiary/aromatic N) is 1. The lowest BCUT2D eigenvalue weighted by atomic mass is 9.95. The van der Waals surface area contributed by atoms with Gasteiger partial charge in [0.05, 0.1) is 6.17 Å². The molecule has 16 heavy (non-hydrogen) atoms. The molecular formula is C14H24N2. The monoisotopic (exact) mass is 220 g/mol. The summed E-state index contributed by atoms with van der Waals surface area (Å²) in [7, 11) is 2.09. The Balaban J connectivity index is 1.86. The van der Waals surface area contributed by atoms with Crippen LogP contribution in [-0.4, -0.2) is 31.2 Å². The smallest absolute Gasteiger partial charge is 0.0594 e. The zero-order valence-electron chi connectivity index (χ0n) is 10.6. The Morgan fingerprint density at radius 3 is 3.00 bits per heavy atom. The second-order valence-electron chi connectivity index (χ2n) is 5.10. The quantitative estimate of drug-likeness (QED) is 0.786. The fourth-order valence-corrected chi connectivity index (χ4v) is 2.74. The van der Waals surface area contributed by atoms with Crippen LogP contribution < -0.4 is 5.32 Å². The molecule has 0 aromatic carbocycles. The van der Waals surface area contributed by atoms with Gasteiger partial charge in [0, 0.05) is 6.54 Å². The highest BCUT2D eigenvalue weighted by Crippen LogP contribution is 2.21. The number of hydrogen-bond donors (Lipinski definition) is 1. The summed E-state index contributed by atoms with van der Waals surface area (Å²) < 4.78 is 0. The largest absolute Gasteiger partial charge is 0.305 e. The highest BCUT2D eigenvalue weighted by Gasteiger charge is 2.22. The summed E-state index contributed by atoms with van der Waals surface area (Å²) in [5.74, 6) is 0.720. The molecule has 0 amide bonds. The summed E-state index contributed by atoms with van der Waals surface area (Å²) in [5.41, 5.74) is 1.42. The molecule has 0 bridgehead atoms. The highest BCUT2D eigenvalue weighted by molar-refractivity contribution is 5.21. The Hall–Kier alpha value is -0.600. The van der Waals surface area contributed by atoms with Crippen molar-refractivity contribution in [1.29, 1.82) is 0 Å². The summed E-state index contributed by atoms with van der Waals surface area (Å²) in [6.07, 6.45) is 12.9. The first kappa shape index (κ1) is 11.9. The molecule has 90 valence electrons. The number of piperidine rings is 1. The van der Waals surface area contributed by atoms with Gasteiger partial charge in [0.1, 0.15) is 0 Å². The van der Waals surface area contributed by atoms with Crippen molar-refractivity contribution in [2.45, 2.75) is 38.8 Å². The number of nitrogens with one attached hydrogen (secondary N) is 1. The van der Waals surface area contributed by atoms with Gasteiger partial charge < -0.3 is 5.32 Å². The molecule has 0 saturated carbocycles. The SMILES string of the molecule is CNC1CCCCN1CC1C=CC(C)=CC1. The molecule has 0 aromatic heterocycles. The molecule has 1 aliphatic carbocycles.